The molecule has 0 aliphatic heterocycles. The van der Waals surface area contributed by atoms with Crippen LogP contribution in [0.5, 0.6) is 0 Å². The lowest BCUT2D eigenvalue weighted by Crippen LogP contribution is -2.46. The van der Waals surface area contributed by atoms with E-state index >= 15 is 0 Å². The zero-order valence-electron chi connectivity index (χ0n) is 12.5. The predicted molar refractivity (Wildman–Crippen MR) is 70.3 cm³/mol. The summed E-state index contributed by atoms with van der Waals surface area (Å²) in [6.07, 6.45) is 1.13. The Kier molecular flexibility index (Phi) is 13.7. The Balaban J connectivity index is 0. The number of nitrogens with zero attached hydrogens (tertiary/aromatic N) is 1. The molecule has 0 fully saturated rings. The number of ether oxygens (including phenoxy) is 2. The fourth-order valence-electron chi connectivity index (χ4n) is 1.40. The monoisotopic (exact) mass is 263 g/mol. The number of carbonyl (C=O) groups excluding carboxylic acids is 1. The summed E-state index contributed by atoms with van der Waals surface area (Å²) in [6, 6.07) is 0. The van der Waals surface area contributed by atoms with Crippen molar-refractivity contribution >= 4 is 6.16 Å². The molecule has 18 heavy (non-hydrogen) atoms. The number of methoxy groups -OCH3 is 1. The van der Waals surface area contributed by atoms with Crippen LogP contribution in [0.25, 0.3) is 0 Å². The molecular formula is C13H29NO4. The second-order valence-electron chi connectivity index (χ2n) is 4.39. The van der Waals surface area contributed by atoms with Crippen molar-refractivity contribution in [2.24, 2.45) is 0 Å². The first-order chi connectivity index (χ1) is 8.45. The van der Waals surface area contributed by atoms with Gasteiger partial charge in [-0.25, -0.2) is 0 Å². The third kappa shape index (κ3) is 13.3. The van der Waals surface area contributed by atoms with Crippen molar-refractivity contribution < 1.29 is 23.9 Å². The molecule has 0 rings (SSSR count). The summed E-state index contributed by atoms with van der Waals surface area (Å²) in [7, 11) is 3.37. The van der Waals surface area contributed by atoms with E-state index in [1.807, 2.05) is 0 Å². The second-order valence-corrected chi connectivity index (χ2v) is 4.39. The van der Waals surface area contributed by atoms with E-state index in [1.165, 1.54) is 25.9 Å². The van der Waals surface area contributed by atoms with Crippen molar-refractivity contribution in [3.63, 3.8) is 0 Å². The van der Waals surface area contributed by atoms with Gasteiger partial charge in [-0.1, -0.05) is 13.3 Å². The van der Waals surface area contributed by atoms with Crippen LogP contribution in [0, 0.1) is 0 Å². The Bertz CT molecular complexity index is 199. The van der Waals surface area contributed by atoms with Gasteiger partial charge in [0.1, 0.15) is 6.54 Å². The van der Waals surface area contributed by atoms with E-state index in [4.69, 9.17) is 14.6 Å². The van der Waals surface area contributed by atoms with Gasteiger partial charge in [-0.05, 0) is 20.3 Å². The maximum Gasteiger partial charge on any atom is 0.251 e. The number of carboxylic acid groups (broad SMARTS) is 1. The van der Waals surface area contributed by atoms with Crippen LogP contribution in [-0.4, -0.2) is 57.6 Å². The second kappa shape index (κ2) is 12.6. The zero-order valence-corrected chi connectivity index (χ0v) is 12.5. The summed E-state index contributed by atoms with van der Waals surface area (Å²) in [4.78, 5) is 9.03. The largest absolute Gasteiger partial charge is 0.553 e. The number of likely N-dealkylation sites (N-methyl/N-ethyl adjacent to an activating group) is 1. The van der Waals surface area contributed by atoms with E-state index in [1.54, 1.807) is 0 Å². The first-order valence-electron chi connectivity index (χ1n) is 6.62. The molecule has 5 nitrogen and oxygen atoms in total. The quantitative estimate of drug-likeness (QED) is 0.376. The predicted octanol–water partition coefficient (Wildman–Crippen LogP) is 1.27. The van der Waals surface area contributed by atoms with Crippen LogP contribution >= 0.6 is 0 Å². The Morgan fingerprint density at radius 3 is 2.11 bits per heavy atom. The summed E-state index contributed by atoms with van der Waals surface area (Å²) in [5.41, 5.74) is 0. The standard InChI is InChI=1S/C11H26NO.C2H4O3/c1-5-8-9-12(4,6-2)10-11-13-7-3;1-5-2(3)4/h5-11H2,1-4H3;1H3,(H,3,4)/q+1;/p-1. The molecule has 0 aliphatic rings. The normalized spacial score (nSPS) is 13.2. The highest BCUT2D eigenvalue weighted by molar-refractivity contribution is 5.53. The molecule has 0 heterocycles. The maximum atomic E-state index is 9.03. The van der Waals surface area contributed by atoms with Crippen molar-refractivity contribution in [2.75, 3.05) is 47.0 Å². The first-order valence-corrected chi connectivity index (χ1v) is 6.62. The van der Waals surface area contributed by atoms with Gasteiger partial charge in [0.05, 0.1) is 26.7 Å². The molecule has 0 saturated heterocycles. The number of hydrogen-bond acceptors (Lipinski definition) is 4. The van der Waals surface area contributed by atoms with Gasteiger partial charge in [0, 0.05) is 13.7 Å². The number of carbonyl (C=O) groups is 1. The third-order valence-electron chi connectivity index (χ3n) is 2.96. The van der Waals surface area contributed by atoms with Crippen LogP contribution in [-0.2, 0) is 9.47 Å². The van der Waals surface area contributed by atoms with Gasteiger partial charge in [0.25, 0.3) is 6.16 Å². The maximum absolute atomic E-state index is 9.03. The summed E-state index contributed by atoms with van der Waals surface area (Å²) in [5.74, 6) is 0. The lowest BCUT2D eigenvalue weighted by molar-refractivity contribution is -0.908. The zero-order chi connectivity index (χ0) is 14.4. The van der Waals surface area contributed by atoms with Crippen molar-refractivity contribution in [3.05, 3.63) is 0 Å². The fraction of sp³-hybridized carbons (Fsp3) is 0.923. The van der Waals surface area contributed by atoms with Crippen molar-refractivity contribution in [2.45, 2.75) is 33.6 Å². The van der Waals surface area contributed by atoms with Crippen LogP contribution in [0.1, 0.15) is 33.6 Å². The highest BCUT2D eigenvalue weighted by atomic mass is 16.6. The molecule has 0 radical (unpaired) electrons. The molecule has 0 N–H and O–H groups in total. The average molecular weight is 263 g/mol. The molecule has 0 aliphatic carbocycles. The summed E-state index contributed by atoms with van der Waals surface area (Å²) < 4.78 is 10.1. The Morgan fingerprint density at radius 1 is 1.22 bits per heavy atom. The average Bonchev–Trinajstić information content (AvgIpc) is 2.37. The number of unbranched alkanes of at least 4 members (excludes halogenated alkanes) is 1. The van der Waals surface area contributed by atoms with Gasteiger partial charge in [-0.2, -0.15) is 0 Å². The SMILES string of the molecule is CCCC[N+](C)(CC)CCOCC.COC(=O)[O-]. The molecule has 0 bridgehead atoms. The van der Waals surface area contributed by atoms with Gasteiger partial charge in [0.2, 0.25) is 0 Å². The van der Waals surface area contributed by atoms with Crippen LogP contribution in [0.2, 0.25) is 0 Å². The van der Waals surface area contributed by atoms with Crippen LogP contribution in [0.15, 0.2) is 0 Å². The van der Waals surface area contributed by atoms with Crippen LogP contribution in [0.3, 0.4) is 0 Å². The molecule has 0 aromatic rings. The smallest absolute Gasteiger partial charge is 0.251 e. The fourth-order valence-corrected chi connectivity index (χ4v) is 1.40. The molecule has 5 heteroatoms. The van der Waals surface area contributed by atoms with Crippen LogP contribution < -0.4 is 5.11 Å². The Labute approximate surface area is 111 Å². The highest BCUT2D eigenvalue weighted by Crippen LogP contribution is 2.04. The third-order valence-corrected chi connectivity index (χ3v) is 2.96. The summed E-state index contributed by atoms with van der Waals surface area (Å²) in [5, 5.41) is 9.03. The lowest BCUT2D eigenvalue weighted by atomic mass is 10.2. The summed E-state index contributed by atoms with van der Waals surface area (Å²) in [6.45, 7) is 12.0. The van der Waals surface area contributed by atoms with Crippen LogP contribution in [0.4, 0.5) is 4.79 Å². The molecule has 110 valence electrons. The van der Waals surface area contributed by atoms with Gasteiger partial charge in [-0.15, -0.1) is 0 Å². The molecule has 0 spiro atoms. The topological polar surface area (TPSA) is 58.6 Å². The van der Waals surface area contributed by atoms with Gasteiger partial charge in [-0.3, -0.25) is 0 Å². The number of rotatable bonds is 8. The molecule has 1 atom stereocenters. The molecule has 0 saturated carbocycles. The van der Waals surface area contributed by atoms with E-state index in [-0.39, 0.29) is 0 Å². The lowest BCUT2D eigenvalue weighted by Gasteiger charge is -2.33. The van der Waals surface area contributed by atoms with Gasteiger partial charge in [0.15, 0.2) is 0 Å². The molecule has 0 aromatic heterocycles. The molecule has 1 unspecified atom stereocenters. The molecule has 0 amide bonds. The van der Waals surface area contributed by atoms with Crippen molar-refractivity contribution in [3.8, 4) is 0 Å². The minimum atomic E-state index is -1.50. The first kappa shape index (κ1) is 19.5. The summed E-state index contributed by atoms with van der Waals surface area (Å²) >= 11 is 0. The van der Waals surface area contributed by atoms with E-state index in [0.29, 0.717) is 0 Å². The van der Waals surface area contributed by atoms with Gasteiger partial charge < -0.3 is 23.9 Å². The van der Waals surface area contributed by atoms with Crippen molar-refractivity contribution in [1.29, 1.82) is 0 Å². The van der Waals surface area contributed by atoms with E-state index in [9.17, 15) is 0 Å². The molecule has 0 aromatic carbocycles. The van der Waals surface area contributed by atoms with E-state index < -0.39 is 6.16 Å². The van der Waals surface area contributed by atoms with Gasteiger partial charge >= 0.3 is 0 Å². The highest BCUT2D eigenvalue weighted by Gasteiger charge is 2.17. The Morgan fingerprint density at radius 2 is 1.78 bits per heavy atom. The van der Waals surface area contributed by atoms with E-state index in [0.717, 1.165) is 31.4 Å². The number of quaternary nitrogens is 1. The Hall–Kier alpha value is -0.810. The number of hydrogen-bond donors (Lipinski definition) is 0. The van der Waals surface area contributed by atoms with Crippen molar-refractivity contribution in [1.82, 2.24) is 0 Å². The minimum absolute atomic E-state index is 0.845. The molecular weight excluding hydrogens is 234 g/mol. The van der Waals surface area contributed by atoms with E-state index in [2.05, 4.69) is 32.6 Å². The minimum Gasteiger partial charge on any atom is -0.553 e.